The molecule has 1 fully saturated rings. The van der Waals surface area contributed by atoms with Gasteiger partial charge in [-0.25, -0.2) is 4.39 Å². The monoisotopic (exact) mass is 209 g/mol. The van der Waals surface area contributed by atoms with Crippen molar-refractivity contribution in [1.82, 2.24) is 0 Å². The average Bonchev–Trinajstić information content (AvgIpc) is 2.45. The molecule has 0 saturated carbocycles. The number of amides is 1. The number of aliphatic hydroxyl groups is 1. The molecule has 1 atom stereocenters. The minimum Gasteiger partial charge on any atom is -0.391 e. The van der Waals surface area contributed by atoms with Crippen molar-refractivity contribution in [2.75, 3.05) is 11.4 Å². The second-order valence-corrected chi connectivity index (χ2v) is 3.77. The molecule has 1 aromatic rings. The van der Waals surface area contributed by atoms with Crippen molar-refractivity contribution in [3.8, 4) is 0 Å². The molecular weight excluding hydrogens is 197 g/mol. The fraction of sp³-hybridized carbons (Fsp3) is 0.364. The van der Waals surface area contributed by atoms with Gasteiger partial charge < -0.3 is 10.0 Å². The van der Waals surface area contributed by atoms with Crippen molar-refractivity contribution in [3.63, 3.8) is 0 Å². The highest BCUT2D eigenvalue weighted by Crippen LogP contribution is 2.27. The van der Waals surface area contributed by atoms with E-state index in [1.54, 1.807) is 19.1 Å². The van der Waals surface area contributed by atoms with E-state index in [0.29, 0.717) is 11.3 Å². The summed E-state index contributed by atoms with van der Waals surface area (Å²) in [7, 11) is 0. The van der Waals surface area contributed by atoms with Gasteiger partial charge in [0.05, 0.1) is 24.8 Å². The molecule has 2 rings (SSSR count). The van der Waals surface area contributed by atoms with Crippen molar-refractivity contribution in [2.24, 2.45) is 0 Å². The van der Waals surface area contributed by atoms with Crippen LogP contribution in [-0.4, -0.2) is 23.7 Å². The van der Waals surface area contributed by atoms with E-state index in [9.17, 15) is 14.3 Å². The quantitative estimate of drug-likeness (QED) is 0.755. The molecule has 1 unspecified atom stereocenters. The fourth-order valence-electron chi connectivity index (χ4n) is 1.87. The summed E-state index contributed by atoms with van der Waals surface area (Å²) in [6.45, 7) is 1.93. The number of carbonyl (C=O) groups excluding carboxylic acids is 1. The average molecular weight is 209 g/mol. The van der Waals surface area contributed by atoms with Crippen molar-refractivity contribution in [2.45, 2.75) is 19.4 Å². The first kappa shape index (κ1) is 10.1. The van der Waals surface area contributed by atoms with Crippen molar-refractivity contribution >= 4 is 11.6 Å². The summed E-state index contributed by atoms with van der Waals surface area (Å²) >= 11 is 0. The Kier molecular flexibility index (Phi) is 2.44. The molecule has 1 heterocycles. The van der Waals surface area contributed by atoms with Crippen LogP contribution in [0.25, 0.3) is 0 Å². The number of carbonyl (C=O) groups is 1. The number of β-amino-alcohol motifs (C(OH)–C–C–N with tert-alkyl or cyclic N) is 1. The van der Waals surface area contributed by atoms with Crippen LogP contribution < -0.4 is 4.90 Å². The third-order valence-corrected chi connectivity index (χ3v) is 2.56. The van der Waals surface area contributed by atoms with Crippen LogP contribution >= 0.6 is 0 Å². The first-order valence-electron chi connectivity index (χ1n) is 4.83. The molecule has 0 spiro atoms. The fourth-order valence-corrected chi connectivity index (χ4v) is 1.87. The zero-order valence-electron chi connectivity index (χ0n) is 8.40. The van der Waals surface area contributed by atoms with E-state index in [1.807, 2.05) is 0 Å². The van der Waals surface area contributed by atoms with Crippen LogP contribution in [0.4, 0.5) is 10.1 Å². The number of aryl methyl sites for hydroxylation is 1. The molecule has 0 bridgehead atoms. The first-order valence-corrected chi connectivity index (χ1v) is 4.83. The highest BCUT2D eigenvalue weighted by Gasteiger charge is 2.31. The predicted molar refractivity (Wildman–Crippen MR) is 54.1 cm³/mol. The maximum atomic E-state index is 13.5. The second-order valence-electron chi connectivity index (χ2n) is 3.77. The number of nitrogens with zero attached hydrogens (tertiary/aromatic N) is 1. The summed E-state index contributed by atoms with van der Waals surface area (Å²) in [6, 6.07) is 4.67. The zero-order chi connectivity index (χ0) is 11.0. The number of para-hydroxylation sites is 1. The molecule has 1 N–H and O–H groups in total. The van der Waals surface area contributed by atoms with Gasteiger partial charge in [0.15, 0.2) is 0 Å². The number of rotatable bonds is 1. The molecule has 1 aliphatic heterocycles. The van der Waals surface area contributed by atoms with Gasteiger partial charge in [0.2, 0.25) is 5.91 Å². The molecule has 3 nitrogen and oxygen atoms in total. The Balaban J connectivity index is 2.41. The van der Waals surface area contributed by atoms with Crippen LogP contribution in [0.15, 0.2) is 18.2 Å². The van der Waals surface area contributed by atoms with Crippen LogP contribution in [0.3, 0.4) is 0 Å². The lowest BCUT2D eigenvalue weighted by molar-refractivity contribution is -0.117. The van der Waals surface area contributed by atoms with E-state index in [2.05, 4.69) is 0 Å². The third-order valence-electron chi connectivity index (χ3n) is 2.56. The Labute approximate surface area is 87.1 Å². The van der Waals surface area contributed by atoms with Crippen LogP contribution in [0.2, 0.25) is 0 Å². The van der Waals surface area contributed by atoms with Gasteiger partial charge >= 0.3 is 0 Å². The van der Waals surface area contributed by atoms with E-state index in [-0.39, 0.29) is 18.9 Å². The summed E-state index contributed by atoms with van der Waals surface area (Å²) in [6.07, 6.45) is -0.607. The first-order chi connectivity index (χ1) is 7.09. The zero-order valence-corrected chi connectivity index (χ0v) is 8.40. The van der Waals surface area contributed by atoms with Gasteiger partial charge in [-0.05, 0) is 18.6 Å². The van der Waals surface area contributed by atoms with Crippen LogP contribution in [0, 0.1) is 12.7 Å². The Morgan fingerprint density at radius 3 is 2.80 bits per heavy atom. The highest BCUT2D eigenvalue weighted by atomic mass is 19.1. The van der Waals surface area contributed by atoms with E-state index in [0.717, 1.165) is 0 Å². The molecule has 1 aromatic carbocycles. The highest BCUT2D eigenvalue weighted by molar-refractivity contribution is 5.96. The smallest absolute Gasteiger partial charge is 0.229 e. The third kappa shape index (κ3) is 1.72. The Bertz CT molecular complexity index is 385. The normalized spacial score (nSPS) is 21.1. The van der Waals surface area contributed by atoms with E-state index in [4.69, 9.17) is 0 Å². The molecule has 80 valence electrons. The van der Waals surface area contributed by atoms with Gasteiger partial charge in [-0.15, -0.1) is 0 Å². The van der Waals surface area contributed by atoms with Crippen molar-refractivity contribution in [3.05, 3.63) is 29.6 Å². The molecule has 0 aromatic heterocycles. The molecule has 1 amide bonds. The maximum Gasteiger partial charge on any atom is 0.229 e. The number of aliphatic hydroxyl groups excluding tert-OH is 1. The van der Waals surface area contributed by atoms with Gasteiger partial charge in [-0.2, -0.15) is 0 Å². The van der Waals surface area contributed by atoms with Crippen molar-refractivity contribution in [1.29, 1.82) is 0 Å². The molecule has 0 radical (unpaired) electrons. The molecular formula is C11H12FNO2. The number of halogens is 1. The Morgan fingerprint density at radius 2 is 2.27 bits per heavy atom. The van der Waals surface area contributed by atoms with Gasteiger partial charge in [-0.1, -0.05) is 12.1 Å². The van der Waals surface area contributed by atoms with E-state index < -0.39 is 11.9 Å². The van der Waals surface area contributed by atoms with E-state index in [1.165, 1.54) is 11.0 Å². The summed E-state index contributed by atoms with van der Waals surface area (Å²) in [5.41, 5.74) is 0.997. The summed E-state index contributed by atoms with van der Waals surface area (Å²) in [5, 5.41) is 9.33. The Morgan fingerprint density at radius 1 is 1.53 bits per heavy atom. The number of benzene rings is 1. The van der Waals surface area contributed by atoms with Gasteiger partial charge in [0.25, 0.3) is 0 Å². The molecule has 0 aliphatic carbocycles. The molecule has 15 heavy (non-hydrogen) atoms. The number of hydrogen-bond donors (Lipinski definition) is 1. The van der Waals surface area contributed by atoms with Crippen LogP contribution in [0.1, 0.15) is 12.0 Å². The van der Waals surface area contributed by atoms with Gasteiger partial charge in [-0.3, -0.25) is 4.79 Å². The standard InChI is InChI=1S/C11H12FNO2/c1-7-3-2-4-9(12)11(7)13-6-8(14)5-10(13)15/h2-4,8,14H,5-6H2,1H3. The lowest BCUT2D eigenvalue weighted by Gasteiger charge is -2.18. The minimum atomic E-state index is -0.684. The number of hydrogen-bond acceptors (Lipinski definition) is 2. The SMILES string of the molecule is Cc1cccc(F)c1N1CC(O)CC1=O. The minimum absolute atomic E-state index is 0.0772. The van der Waals surface area contributed by atoms with E-state index >= 15 is 0 Å². The van der Waals surface area contributed by atoms with Crippen molar-refractivity contribution < 1.29 is 14.3 Å². The maximum absolute atomic E-state index is 13.5. The second kappa shape index (κ2) is 3.62. The topological polar surface area (TPSA) is 40.5 Å². The summed E-state index contributed by atoms with van der Waals surface area (Å²) in [5.74, 6) is -0.645. The van der Waals surface area contributed by atoms with Gasteiger partial charge in [0.1, 0.15) is 5.82 Å². The predicted octanol–water partition coefficient (Wildman–Crippen LogP) is 1.23. The van der Waals surface area contributed by atoms with Crippen LogP contribution in [-0.2, 0) is 4.79 Å². The lowest BCUT2D eigenvalue weighted by Crippen LogP contribution is -2.27. The largest absolute Gasteiger partial charge is 0.391 e. The lowest BCUT2D eigenvalue weighted by atomic mass is 10.2. The number of anilines is 1. The molecule has 1 aliphatic rings. The van der Waals surface area contributed by atoms with Crippen LogP contribution in [0.5, 0.6) is 0 Å². The molecule has 1 saturated heterocycles. The molecule has 4 heteroatoms. The Hall–Kier alpha value is -1.42. The van der Waals surface area contributed by atoms with Gasteiger partial charge in [0, 0.05) is 0 Å². The summed E-state index contributed by atoms with van der Waals surface area (Å²) in [4.78, 5) is 12.8. The summed E-state index contributed by atoms with van der Waals surface area (Å²) < 4.78 is 13.5.